The van der Waals surface area contributed by atoms with Gasteiger partial charge in [0, 0.05) is 13.2 Å². The number of hydrogen-bond acceptors (Lipinski definition) is 3. The number of piperazine rings is 1. The molecule has 3 unspecified atom stereocenters. The number of nitrogens with zero attached hydrogens (tertiary/aromatic N) is 1. The van der Waals surface area contributed by atoms with Crippen molar-refractivity contribution >= 4 is 11.8 Å². The summed E-state index contributed by atoms with van der Waals surface area (Å²) in [5.41, 5.74) is -0.783. The Labute approximate surface area is 115 Å². The molecule has 19 heavy (non-hydrogen) atoms. The minimum absolute atomic E-state index is 0.00648. The lowest BCUT2D eigenvalue weighted by atomic mass is 9.91. The van der Waals surface area contributed by atoms with Gasteiger partial charge in [0.2, 0.25) is 11.8 Å². The molecule has 5 nitrogen and oxygen atoms in total. The number of hydrogen-bond donors (Lipinski definition) is 1. The van der Waals surface area contributed by atoms with Crippen LogP contribution in [0.1, 0.15) is 47.5 Å². The average molecular weight is 270 g/mol. The second-order valence-electron chi connectivity index (χ2n) is 5.32. The molecule has 0 aliphatic carbocycles. The Bertz CT molecular complexity index is 346. The second-order valence-corrected chi connectivity index (χ2v) is 5.32. The number of rotatable bonds is 6. The first-order chi connectivity index (χ1) is 8.89. The maximum absolute atomic E-state index is 12.6. The van der Waals surface area contributed by atoms with Gasteiger partial charge in [-0.3, -0.25) is 9.59 Å². The number of carbonyl (C=O) groups excluding carboxylic acids is 2. The van der Waals surface area contributed by atoms with Gasteiger partial charge in [-0.15, -0.1) is 0 Å². The van der Waals surface area contributed by atoms with Gasteiger partial charge < -0.3 is 15.0 Å². The van der Waals surface area contributed by atoms with E-state index in [1.54, 1.807) is 11.8 Å². The highest BCUT2D eigenvalue weighted by atomic mass is 16.5. The Kier molecular flexibility index (Phi) is 5.35. The first kappa shape index (κ1) is 16.0. The van der Waals surface area contributed by atoms with E-state index in [-0.39, 0.29) is 24.0 Å². The van der Waals surface area contributed by atoms with Crippen LogP contribution in [-0.4, -0.2) is 47.6 Å². The zero-order valence-electron chi connectivity index (χ0n) is 12.7. The van der Waals surface area contributed by atoms with Gasteiger partial charge in [-0.25, -0.2) is 0 Å². The molecule has 1 rings (SSSR count). The molecule has 5 heteroatoms. The van der Waals surface area contributed by atoms with Crippen LogP contribution in [0.4, 0.5) is 0 Å². The van der Waals surface area contributed by atoms with Gasteiger partial charge in [-0.05, 0) is 33.6 Å². The molecule has 0 spiro atoms. The molecule has 1 heterocycles. The molecule has 2 amide bonds. The van der Waals surface area contributed by atoms with E-state index in [1.807, 2.05) is 27.7 Å². The van der Waals surface area contributed by atoms with E-state index in [0.29, 0.717) is 26.0 Å². The fourth-order valence-corrected chi connectivity index (χ4v) is 2.48. The van der Waals surface area contributed by atoms with Crippen LogP contribution in [0.5, 0.6) is 0 Å². The molecule has 0 aromatic heterocycles. The van der Waals surface area contributed by atoms with Crippen LogP contribution in [-0.2, 0) is 14.3 Å². The fourth-order valence-electron chi connectivity index (χ4n) is 2.48. The van der Waals surface area contributed by atoms with Crippen LogP contribution in [0.2, 0.25) is 0 Å². The van der Waals surface area contributed by atoms with Crippen molar-refractivity contribution in [2.24, 2.45) is 0 Å². The molecule has 1 N–H and O–H groups in total. The molecule has 0 aromatic rings. The highest BCUT2D eigenvalue weighted by molar-refractivity contribution is 5.99. The van der Waals surface area contributed by atoms with Crippen molar-refractivity contribution < 1.29 is 14.3 Å². The number of amides is 2. The van der Waals surface area contributed by atoms with Crippen LogP contribution in [0, 0.1) is 0 Å². The summed E-state index contributed by atoms with van der Waals surface area (Å²) in [5, 5.41) is 2.86. The highest BCUT2D eigenvalue weighted by Gasteiger charge is 2.46. The summed E-state index contributed by atoms with van der Waals surface area (Å²) in [4.78, 5) is 26.4. The van der Waals surface area contributed by atoms with Crippen molar-refractivity contribution in [2.45, 2.75) is 65.1 Å². The third-order valence-corrected chi connectivity index (χ3v) is 3.81. The van der Waals surface area contributed by atoms with Gasteiger partial charge >= 0.3 is 0 Å². The quantitative estimate of drug-likeness (QED) is 0.792. The molecule has 0 saturated carbocycles. The Hall–Kier alpha value is -1.10. The first-order valence-corrected chi connectivity index (χ1v) is 7.14. The SMILES string of the molecule is CCOC(C)CN1C(=O)C(C)(CC)NC(=O)C1CC. The van der Waals surface area contributed by atoms with Crippen molar-refractivity contribution in [2.75, 3.05) is 13.2 Å². The Morgan fingerprint density at radius 2 is 2.00 bits per heavy atom. The average Bonchev–Trinajstić information content (AvgIpc) is 2.36. The van der Waals surface area contributed by atoms with Crippen molar-refractivity contribution in [1.82, 2.24) is 10.2 Å². The normalized spacial score (nSPS) is 29.3. The number of ether oxygens (including phenoxy) is 1. The molecular weight excluding hydrogens is 244 g/mol. The fraction of sp³-hybridized carbons (Fsp3) is 0.857. The molecule has 110 valence electrons. The van der Waals surface area contributed by atoms with Gasteiger partial charge in [0.25, 0.3) is 0 Å². The van der Waals surface area contributed by atoms with Crippen molar-refractivity contribution in [3.63, 3.8) is 0 Å². The largest absolute Gasteiger partial charge is 0.377 e. The number of nitrogens with one attached hydrogen (secondary N) is 1. The summed E-state index contributed by atoms with van der Waals surface area (Å²) in [6.07, 6.45) is 1.15. The van der Waals surface area contributed by atoms with E-state index in [0.717, 1.165) is 0 Å². The molecular formula is C14H26N2O3. The van der Waals surface area contributed by atoms with Crippen LogP contribution in [0.3, 0.4) is 0 Å². The summed E-state index contributed by atoms with van der Waals surface area (Å²) in [5.74, 6) is -0.0665. The summed E-state index contributed by atoms with van der Waals surface area (Å²) in [6, 6.07) is -0.380. The van der Waals surface area contributed by atoms with Gasteiger partial charge in [0.1, 0.15) is 11.6 Å². The zero-order chi connectivity index (χ0) is 14.6. The van der Waals surface area contributed by atoms with Crippen LogP contribution < -0.4 is 5.32 Å². The molecule has 1 aliphatic rings. The van der Waals surface area contributed by atoms with E-state index in [9.17, 15) is 9.59 Å². The lowest BCUT2D eigenvalue weighted by Crippen LogP contribution is -2.69. The standard InChI is InChI=1S/C14H26N2O3/c1-6-11-12(17)15-14(5,7-2)13(18)16(11)9-10(4)19-8-3/h10-11H,6-9H2,1-5H3,(H,15,17). The van der Waals surface area contributed by atoms with E-state index >= 15 is 0 Å². The number of carbonyl (C=O) groups is 2. The molecule has 0 aromatic carbocycles. The van der Waals surface area contributed by atoms with Crippen LogP contribution in [0.15, 0.2) is 0 Å². The molecule has 1 saturated heterocycles. The first-order valence-electron chi connectivity index (χ1n) is 7.14. The Morgan fingerprint density at radius 3 is 2.47 bits per heavy atom. The maximum Gasteiger partial charge on any atom is 0.248 e. The molecule has 0 bridgehead atoms. The van der Waals surface area contributed by atoms with E-state index < -0.39 is 5.54 Å². The Morgan fingerprint density at radius 1 is 1.37 bits per heavy atom. The predicted molar refractivity (Wildman–Crippen MR) is 73.7 cm³/mol. The Balaban J connectivity index is 2.93. The molecule has 0 radical (unpaired) electrons. The van der Waals surface area contributed by atoms with Crippen molar-refractivity contribution in [1.29, 1.82) is 0 Å². The summed E-state index contributed by atoms with van der Waals surface area (Å²) >= 11 is 0. The third kappa shape index (κ3) is 3.26. The smallest absolute Gasteiger partial charge is 0.248 e. The second kappa shape index (κ2) is 6.37. The predicted octanol–water partition coefficient (Wildman–Crippen LogP) is 1.32. The lowest BCUT2D eigenvalue weighted by Gasteiger charge is -2.44. The summed E-state index contributed by atoms with van der Waals surface area (Å²) < 4.78 is 5.50. The van der Waals surface area contributed by atoms with Crippen LogP contribution in [0.25, 0.3) is 0 Å². The van der Waals surface area contributed by atoms with E-state index in [4.69, 9.17) is 4.74 Å². The zero-order valence-corrected chi connectivity index (χ0v) is 12.7. The molecule has 1 aliphatic heterocycles. The van der Waals surface area contributed by atoms with Gasteiger partial charge in [-0.2, -0.15) is 0 Å². The topological polar surface area (TPSA) is 58.6 Å². The van der Waals surface area contributed by atoms with Crippen molar-refractivity contribution in [3.8, 4) is 0 Å². The summed E-state index contributed by atoms with van der Waals surface area (Å²) in [6.45, 7) is 10.6. The maximum atomic E-state index is 12.6. The monoisotopic (exact) mass is 270 g/mol. The van der Waals surface area contributed by atoms with E-state index in [1.165, 1.54) is 0 Å². The van der Waals surface area contributed by atoms with Crippen LogP contribution >= 0.6 is 0 Å². The lowest BCUT2D eigenvalue weighted by molar-refractivity contribution is -0.156. The minimum Gasteiger partial charge on any atom is -0.377 e. The van der Waals surface area contributed by atoms with Gasteiger partial charge in [0.05, 0.1) is 6.10 Å². The molecule has 1 fully saturated rings. The van der Waals surface area contributed by atoms with E-state index in [2.05, 4.69) is 5.32 Å². The highest BCUT2D eigenvalue weighted by Crippen LogP contribution is 2.23. The van der Waals surface area contributed by atoms with Gasteiger partial charge in [-0.1, -0.05) is 13.8 Å². The molecule has 3 atom stereocenters. The minimum atomic E-state index is -0.783. The third-order valence-electron chi connectivity index (χ3n) is 3.81. The summed E-state index contributed by atoms with van der Waals surface area (Å²) in [7, 11) is 0. The van der Waals surface area contributed by atoms with Gasteiger partial charge in [0.15, 0.2) is 0 Å². The van der Waals surface area contributed by atoms with Crippen molar-refractivity contribution in [3.05, 3.63) is 0 Å².